The van der Waals surface area contributed by atoms with Gasteiger partial charge in [0.2, 0.25) is 0 Å². The van der Waals surface area contributed by atoms with E-state index in [0.29, 0.717) is 6.54 Å². The molecule has 1 aliphatic rings. The van der Waals surface area contributed by atoms with E-state index < -0.39 is 0 Å². The fraction of sp³-hybridized carbons (Fsp3) is 0.350. The molecule has 0 N–H and O–H groups in total. The number of carbonyl (C=O) groups is 1. The first kappa shape index (κ1) is 16.7. The SMILES string of the molecule is COc1ccccc1C1(C)CN(CC(=O)c2ccccc2)CN1C. The third-order valence-electron chi connectivity index (χ3n) is 4.94. The molecule has 4 nitrogen and oxygen atoms in total. The first-order valence-electron chi connectivity index (χ1n) is 8.20. The fourth-order valence-corrected chi connectivity index (χ4v) is 3.47. The van der Waals surface area contributed by atoms with Gasteiger partial charge in [-0.3, -0.25) is 14.6 Å². The molecular weight excluding hydrogens is 300 g/mol. The molecule has 24 heavy (non-hydrogen) atoms. The molecule has 1 heterocycles. The van der Waals surface area contributed by atoms with E-state index in [0.717, 1.165) is 30.1 Å². The Kier molecular flexibility index (Phi) is 4.69. The summed E-state index contributed by atoms with van der Waals surface area (Å²) in [7, 11) is 3.80. The number of hydrogen-bond donors (Lipinski definition) is 0. The van der Waals surface area contributed by atoms with Gasteiger partial charge in [-0.1, -0.05) is 48.5 Å². The maximum absolute atomic E-state index is 12.5. The van der Waals surface area contributed by atoms with E-state index in [4.69, 9.17) is 4.74 Å². The largest absolute Gasteiger partial charge is 0.496 e. The Labute approximate surface area is 143 Å². The summed E-state index contributed by atoms with van der Waals surface area (Å²) in [4.78, 5) is 17.0. The van der Waals surface area contributed by atoms with Crippen molar-refractivity contribution < 1.29 is 9.53 Å². The minimum Gasteiger partial charge on any atom is -0.496 e. The van der Waals surface area contributed by atoms with E-state index in [9.17, 15) is 4.79 Å². The zero-order valence-corrected chi connectivity index (χ0v) is 14.5. The number of ether oxygens (including phenoxy) is 1. The van der Waals surface area contributed by atoms with Gasteiger partial charge in [0.25, 0.3) is 0 Å². The highest BCUT2D eigenvalue weighted by Gasteiger charge is 2.42. The summed E-state index contributed by atoms with van der Waals surface area (Å²) in [5.41, 5.74) is 1.75. The second-order valence-corrected chi connectivity index (χ2v) is 6.59. The lowest BCUT2D eigenvalue weighted by molar-refractivity contribution is 0.0937. The third-order valence-corrected chi connectivity index (χ3v) is 4.94. The van der Waals surface area contributed by atoms with Gasteiger partial charge in [-0.2, -0.15) is 0 Å². The molecule has 0 saturated carbocycles. The van der Waals surface area contributed by atoms with Crippen LogP contribution in [-0.4, -0.2) is 49.5 Å². The molecule has 4 heteroatoms. The predicted molar refractivity (Wildman–Crippen MR) is 95.3 cm³/mol. The maximum Gasteiger partial charge on any atom is 0.176 e. The van der Waals surface area contributed by atoms with Crippen LogP contribution in [0, 0.1) is 0 Å². The van der Waals surface area contributed by atoms with Gasteiger partial charge in [0.1, 0.15) is 5.75 Å². The fourth-order valence-electron chi connectivity index (χ4n) is 3.47. The van der Waals surface area contributed by atoms with Gasteiger partial charge in [0.15, 0.2) is 5.78 Å². The maximum atomic E-state index is 12.5. The van der Waals surface area contributed by atoms with Crippen molar-refractivity contribution >= 4 is 5.78 Å². The summed E-state index contributed by atoms with van der Waals surface area (Å²) >= 11 is 0. The van der Waals surface area contributed by atoms with Crippen molar-refractivity contribution in [2.24, 2.45) is 0 Å². The smallest absolute Gasteiger partial charge is 0.176 e. The van der Waals surface area contributed by atoms with E-state index in [1.807, 2.05) is 48.5 Å². The van der Waals surface area contributed by atoms with E-state index in [1.54, 1.807) is 7.11 Å². The average molecular weight is 324 g/mol. The van der Waals surface area contributed by atoms with Crippen molar-refractivity contribution in [1.29, 1.82) is 0 Å². The summed E-state index contributed by atoms with van der Waals surface area (Å²) in [6, 6.07) is 17.6. The molecule has 1 fully saturated rings. The van der Waals surface area contributed by atoms with Gasteiger partial charge in [-0.25, -0.2) is 0 Å². The second kappa shape index (κ2) is 6.75. The lowest BCUT2D eigenvalue weighted by Crippen LogP contribution is -2.38. The highest BCUT2D eigenvalue weighted by Crippen LogP contribution is 2.38. The van der Waals surface area contributed by atoms with Crippen LogP contribution in [0.3, 0.4) is 0 Å². The normalized spacial score (nSPS) is 21.8. The quantitative estimate of drug-likeness (QED) is 0.792. The zero-order valence-electron chi connectivity index (χ0n) is 14.5. The van der Waals surface area contributed by atoms with Crippen LogP contribution in [-0.2, 0) is 5.54 Å². The molecule has 0 aliphatic carbocycles. The van der Waals surface area contributed by atoms with Crippen molar-refractivity contribution in [2.45, 2.75) is 12.5 Å². The number of methoxy groups -OCH3 is 1. The molecule has 1 atom stereocenters. The average Bonchev–Trinajstić information content (AvgIpc) is 2.90. The number of carbonyl (C=O) groups excluding carboxylic acids is 1. The highest BCUT2D eigenvalue weighted by atomic mass is 16.5. The number of rotatable bonds is 5. The van der Waals surface area contributed by atoms with E-state index in [-0.39, 0.29) is 11.3 Å². The zero-order chi connectivity index (χ0) is 17.2. The summed E-state index contributed by atoms with van der Waals surface area (Å²) < 4.78 is 5.54. The van der Waals surface area contributed by atoms with Crippen LogP contribution in [0.2, 0.25) is 0 Å². The summed E-state index contributed by atoms with van der Waals surface area (Å²) in [5.74, 6) is 1.05. The van der Waals surface area contributed by atoms with Gasteiger partial charge >= 0.3 is 0 Å². The Morgan fingerprint density at radius 3 is 2.50 bits per heavy atom. The molecule has 2 aromatic carbocycles. The summed E-state index contributed by atoms with van der Waals surface area (Å²) in [6.45, 7) is 4.19. The van der Waals surface area contributed by atoms with Crippen molar-refractivity contribution in [1.82, 2.24) is 9.80 Å². The molecule has 126 valence electrons. The first-order chi connectivity index (χ1) is 11.5. The number of para-hydroxylation sites is 1. The number of Topliss-reactive ketones (excluding diaryl/α,β-unsaturated/α-hetero) is 1. The molecule has 1 unspecified atom stereocenters. The Bertz CT molecular complexity index is 717. The minimum atomic E-state index is -0.177. The van der Waals surface area contributed by atoms with Gasteiger partial charge in [0.05, 0.1) is 25.9 Å². The van der Waals surface area contributed by atoms with Crippen LogP contribution in [0.1, 0.15) is 22.8 Å². The van der Waals surface area contributed by atoms with Crippen LogP contribution in [0.15, 0.2) is 54.6 Å². The topological polar surface area (TPSA) is 32.8 Å². The van der Waals surface area contributed by atoms with Crippen LogP contribution >= 0.6 is 0 Å². The monoisotopic (exact) mass is 324 g/mol. The number of ketones is 1. The number of nitrogens with zero attached hydrogens (tertiary/aromatic N) is 2. The second-order valence-electron chi connectivity index (χ2n) is 6.59. The van der Waals surface area contributed by atoms with Gasteiger partial charge in [0, 0.05) is 17.7 Å². The van der Waals surface area contributed by atoms with Gasteiger partial charge in [-0.15, -0.1) is 0 Å². The molecule has 0 spiro atoms. The molecular formula is C20H24N2O2. The van der Waals surface area contributed by atoms with Gasteiger partial charge in [-0.05, 0) is 20.0 Å². The molecule has 3 rings (SSSR count). The lowest BCUT2D eigenvalue weighted by Gasteiger charge is -2.32. The van der Waals surface area contributed by atoms with Crippen LogP contribution in [0.25, 0.3) is 0 Å². The van der Waals surface area contributed by atoms with E-state index in [2.05, 4.69) is 29.8 Å². The molecule has 1 saturated heterocycles. The summed E-state index contributed by atoms with van der Waals surface area (Å²) in [6.07, 6.45) is 0. The number of benzene rings is 2. The molecule has 1 aliphatic heterocycles. The van der Waals surface area contributed by atoms with Crippen molar-refractivity contribution in [2.75, 3.05) is 33.9 Å². The molecule has 0 radical (unpaired) electrons. The summed E-state index contributed by atoms with van der Waals surface area (Å²) in [5, 5.41) is 0. The van der Waals surface area contributed by atoms with E-state index >= 15 is 0 Å². The van der Waals surface area contributed by atoms with Crippen LogP contribution < -0.4 is 4.74 Å². The van der Waals surface area contributed by atoms with Crippen molar-refractivity contribution in [3.63, 3.8) is 0 Å². The predicted octanol–water partition coefficient (Wildman–Crippen LogP) is 3.00. The highest BCUT2D eigenvalue weighted by molar-refractivity contribution is 5.97. The minimum absolute atomic E-state index is 0.160. The molecule has 0 aromatic heterocycles. The first-order valence-corrected chi connectivity index (χ1v) is 8.20. The lowest BCUT2D eigenvalue weighted by atomic mass is 9.90. The van der Waals surface area contributed by atoms with E-state index in [1.165, 1.54) is 0 Å². The van der Waals surface area contributed by atoms with Crippen LogP contribution in [0.5, 0.6) is 5.75 Å². The number of likely N-dealkylation sites (N-methyl/N-ethyl adjacent to an activating group) is 1. The molecule has 0 amide bonds. The standard InChI is InChI=1S/C20H24N2O2/c1-20(17-11-7-8-12-19(17)24-3)14-22(15-21(20)2)13-18(23)16-9-5-4-6-10-16/h4-12H,13-15H2,1-3H3. The van der Waals surface area contributed by atoms with Crippen LogP contribution in [0.4, 0.5) is 0 Å². The Morgan fingerprint density at radius 1 is 1.12 bits per heavy atom. The Morgan fingerprint density at radius 2 is 1.79 bits per heavy atom. The Balaban J connectivity index is 1.78. The van der Waals surface area contributed by atoms with Gasteiger partial charge < -0.3 is 4.74 Å². The Hall–Kier alpha value is -2.17. The molecule has 0 bridgehead atoms. The van der Waals surface area contributed by atoms with Crippen molar-refractivity contribution in [3.05, 3.63) is 65.7 Å². The number of hydrogen-bond acceptors (Lipinski definition) is 4. The third kappa shape index (κ3) is 3.07. The molecule has 2 aromatic rings. The van der Waals surface area contributed by atoms with Crippen molar-refractivity contribution in [3.8, 4) is 5.75 Å².